The molecule has 0 unspecified atom stereocenters. The summed E-state index contributed by atoms with van der Waals surface area (Å²) in [4.78, 5) is 22.2. The lowest BCUT2D eigenvalue weighted by molar-refractivity contribution is 0.0720. The van der Waals surface area contributed by atoms with Crippen LogP contribution in [-0.4, -0.2) is 41.5 Å². The van der Waals surface area contributed by atoms with Crippen molar-refractivity contribution in [2.75, 3.05) is 29.9 Å². The van der Waals surface area contributed by atoms with Crippen LogP contribution in [0.5, 0.6) is 0 Å². The fourth-order valence-corrected chi connectivity index (χ4v) is 4.33. The van der Waals surface area contributed by atoms with Crippen LogP contribution in [0.3, 0.4) is 0 Å². The van der Waals surface area contributed by atoms with Crippen molar-refractivity contribution in [2.45, 2.75) is 19.9 Å². The van der Waals surface area contributed by atoms with Gasteiger partial charge in [0.2, 0.25) is 0 Å². The highest BCUT2D eigenvalue weighted by molar-refractivity contribution is 5.99. The van der Waals surface area contributed by atoms with Crippen molar-refractivity contribution in [1.29, 1.82) is 0 Å². The summed E-state index contributed by atoms with van der Waals surface area (Å²) < 4.78 is 18.9. The standard InChI is InChI=1S/C26H25FN4O2/c1-17-4-3-5-21(14-17)31-12-11-30(16-18(31)2)26(32)23-15-24-22(10-13-33-24)25(29-23)28-20-8-6-19(27)7-9-20/h3-10,13-15,18H,11-12,16H2,1-2H3,(H,28,29)/t18-/m1/s1. The molecule has 0 aliphatic carbocycles. The maximum absolute atomic E-state index is 13.4. The number of benzene rings is 2. The second-order valence-electron chi connectivity index (χ2n) is 8.45. The van der Waals surface area contributed by atoms with Crippen LogP contribution in [0, 0.1) is 12.7 Å². The third-order valence-electron chi connectivity index (χ3n) is 6.02. The Labute approximate surface area is 191 Å². The van der Waals surface area contributed by atoms with E-state index in [0.717, 1.165) is 11.9 Å². The summed E-state index contributed by atoms with van der Waals surface area (Å²) in [6.07, 6.45) is 1.57. The lowest BCUT2D eigenvalue weighted by atomic mass is 10.1. The molecule has 5 rings (SSSR count). The second kappa shape index (κ2) is 8.58. The van der Waals surface area contributed by atoms with E-state index in [9.17, 15) is 9.18 Å². The summed E-state index contributed by atoms with van der Waals surface area (Å²) in [5.74, 6) is 0.0543. The van der Waals surface area contributed by atoms with Crippen molar-refractivity contribution in [3.8, 4) is 0 Å². The van der Waals surface area contributed by atoms with Crippen molar-refractivity contribution in [3.63, 3.8) is 0 Å². The Hall–Kier alpha value is -3.87. The van der Waals surface area contributed by atoms with Crippen LogP contribution < -0.4 is 10.2 Å². The van der Waals surface area contributed by atoms with Gasteiger partial charge in [0.05, 0.1) is 11.6 Å². The van der Waals surface area contributed by atoms with Crippen LogP contribution in [0.2, 0.25) is 0 Å². The molecule has 1 atom stereocenters. The largest absolute Gasteiger partial charge is 0.464 e. The number of anilines is 3. The van der Waals surface area contributed by atoms with E-state index in [4.69, 9.17) is 4.42 Å². The SMILES string of the molecule is Cc1cccc(N2CCN(C(=O)c3cc4occc4c(Nc4ccc(F)cc4)n3)C[C@H]2C)c1. The first kappa shape index (κ1) is 21.0. The van der Waals surface area contributed by atoms with Gasteiger partial charge in [-0.15, -0.1) is 0 Å². The van der Waals surface area contributed by atoms with E-state index in [1.54, 1.807) is 30.5 Å². The van der Waals surface area contributed by atoms with E-state index >= 15 is 0 Å². The highest BCUT2D eigenvalue weighted by Crippen LogP contribution is 2.28. The summed E-state index contributed by atoms with van der Waals surface area (Å²) in [7, 11) is 0. The first-order valence-corrected chi connectivity index (χ1v) is 11.0. The van der Waals surface area contributed by atoms with Crippen LogP contribution in [0.4, 0.5) is 21.6 Å². The van der Waals surface area contributed by atoms with E-state index in [1.807, 2.05) is 4.90 Å². The number of nitrogens with zero attached hydrogens (tertiary/aromatic N) is 3. The second-order valence-corrected chi connectivity index (χ2v) is 8.45. The molecule has 33 heavy (non-hydrogen) atoms. The Morgan fingerprint density at radius 3 is 2.70 bits per heavy atom. The fourth-order valence-electron chi connectivity index (χ4n) is 4.33. The molecule has 0 bridgehead atoms. The zero-order valence-electron chi connectivity index (χ0n) is 18.6. The predicted molar refractivity (Wildman–Crippen MR) is 128 cm³/mol. The lowest BCUT2D eigenvalue weighted by Crippen LogP contribution is -2.54. The Morgan fingerprint density at radius 2 is 1.94 bits per heavy atom. The first-order chi connectivity index (χ1) is 16.0. The molecule has 2 aromatic heterocycles. The number of carbonyl (C=O) groups excluding carboxylic acids is 1. The number of nitrogens with one attached hydrogen (secondary N) is 1. The van der Waals surface area contributed by atoms with Crippen LogP contribution in [-0.2, 0) is 0 Å². The van der Waals surface area contributed by atoms with Crippen molar-refractivity contribution in [1.82, 2.24) is 9.88 Å². The van der Waals surface area contributed by atoms with Gasteiger partial charge in [0.15, 0.2) is 0 Å². The molecule has 1 N–H and O–H groups in total. The van der Waals surface area contributed by atoms with Gasteiger partial charge in [-0.25, -0.2) is 9.37 Å². The monoisotopic (exact) mass is 444 g/mol. The lowest BCUT2D eigenvalue weighted by Gasteiger charge is -2.41. The third kappa shape index (κ3) is 4.26. The number of carbonyl (C=O) groups is 1. The van der Waals surface area contributed by atoms with Crippen molar-refractivity contribution in [2.24, 2.45) is 0 Å². The molecule has 1 aliphatic rings. The van der Waals surface area contributed by atoms with Crippen molar-refractivity contribution >= 4 is 34.1 Å². The van der Waals surface area contributed by atoms with Gasteiger partial charge in [0.25, 0.3) is 5.91 Å². The molecule has 7 heteroatoms. The summed E-state index contributed by atoms with van der Waals surface area (Å²) in [6, 6.07) is 18.1. The number of piperazine rings is 1. The quantitative estimate of drug-likeness (QED) is 0.459. The molecule has 3 heterocycles. The van der Waals surface area contributed by atoms with Crippen LogP contribution in [0.15, 0.2) is 71.3 Å². The third-order valence-corrected chi connectivity index (χ3v) is 6.02. The van der Waals surface area contributed by atoms with E-state index < -0.39 is 0 Å². The fraction of sp³-hybridized carbons (Fsp3) is 0.231. The van der Waals surface area contributed by atoms with E-state index in [1.165, 1.54) is 23.4 Å². The van der Waals surface area contributed by atoms with Crippen LogP contribution in [0.25, 0.3) is 11.0 Å². The van der Waals surface area contributed by atoms with Crippen LogP contribution >= 0.6 is 0 Å². The molecule has 1 amide bonds. The molecule has 4 aromatic rings. The maximum Gasteiger partial charge on any atom is 0.272 e. The Balaban J connectivity index is 1.38. The number of pyridine rings is 1. The zero-order valence-corrected chi connectivity index (χ0v) is 18.6. The molecule has 1 aliphatic heterocycles. The molecule has 0 radical (unpaired) electrons. The van der Waals surface area contributed by atoms with E-state index in [-0.39, 0.29) is 17.8 Å². The molecule has 0 spiro atoms. The number of aromatic nitrogens is 1. The van der Waals surface area contributed by atoms with Gasteiger partial charge in [0.1, 0.15) is 22.9 Å². The predicted octanol–water partition coefficient (Wildman–Crippen LogP) is 5.37. The maximum atomic E-state index is 13.4. The normalized spacial score (nSPS) is 16.3. The average Bonchev–Trinajstić information content (AvgIpc) is 3.29. The van der Waals surface area contributed by atoms with E-state index in [0.29, 0.717) is 35.9 Å². The number of amides is 1. The van der Waals surface area contributed by atoms with Gasteiger partial charge in [-0.2, -0.15) is 0 Å². The number of hydrogen-bond donors (Lipinski definition) is 1. The number of hydrogen-bond acceptors (Lipinski definition) is 5. The molecule has 1 fully saturated rings. The molecule has 6 nitrogen and oxygen atoms in total. The highest BCUT2D eigenvalue weighted by atomic mass is 19.1. The molecule has 168 valence electrons. The average molecular weight is 445 g/mol. The minimum absolute atomic E-state index is 0.133. The van der Waals surface area contributed by atoms with Gasteiger partial charge >= 0.3 is 0 Å². The topological polar surface area (TPSA) is 61.6 Å². The number of halogens is 1. The summed E-state index contributed by atoms with van der Waals surface area (Å²) in [5.41, 5.74) is 3.96. The summed E-state index contributed by atoms with van der Waals surface area (Å²) >= 11 is 0. The van der Waals surface area contributed by atoms with Crippen LogP contribution in [0.1, 0.15) is 23.0 Å². The Kier molecular flexibility index (Phi) is 5.46. The summed E-state index contributed by atoms with van der Waals surface area (Å²) in [5, 5.41) is 3.94. The van der Waals surface area contributed by atoms with Gasteiger partial charge in [-0.1, -0.05) is 12.1 Å². The van der Waals surface area contributed by atoms with Crippen molar-refractivity contribution < 1.29 is 13.6 Å². The molecule has 0 saturated carbocycles. The zero-order chi connectivity index (χ0) is 22.9. The first-order valence-electron chi connectivity index (χ1n) is 11.0. The van der Waals surface area contributed by atoms with Gasteiger partial charge < -0.3 is 19.5 Å². The number of aryl methyl sites for hydroxylation is 1. The summed E-state index contributed by atoms with van der Waals surface area (Å²) in [6.45, 7) is 6.18. The van der Waals surface area contributed by atoms with Gasteiger partial charge in [-0.3, -0.25) is 4.79 Å². The number of rotatable bonds is 4. The Morgan fingerprint density at radius 1 is 1.12 bits per heavy atom. The van der Waals surface area contributed by atoms with Gasteiger partial charge in [0, 0.05) is 43.1 Å². The van der Waals surface area contributed by atoms with E-state index in [2.05, 4.69) is 53.3 Å². The van der Waals surface area contributed by atoms with Crippen molar-refractivity contribution in [3.05, 3.63) is 84.0 Å². The highest BCUT2D eigenvalue weighted by Gasteiger charge is 2.29. The molecule has 1 saturated heterocycles. The molecular weight excluding hydrogens is 419 g/mol. The molecular formula is C26H25FN4O2. The smallest absolute Gasteiger partial charge is 0.272 e. The van der Waals surface area contributed by atoms with Gasteiger partial charge in [-0.05, 0) is 61.9 Å². The molecule has 2 aromatic carbocycles. The Bertz CT molecular complexity index is 1300. The minimum Gasteiger partial charge on any atom is -0.464 e. The number of fused-ring (bicyclic) bond motifs is 1. The number of furan rings is 1. The minimum atomic E-state index is -0.315.